The van der Waals surface area contributed by atoms with Gasteiger partial charge in [0.1, 0.15) is 23.0 Å². The number of hydrogen-bond acceptors (Lipinski definition) is 4. The minimum absolute atomic E-state index is 0.0278. The molecule has 0 aromatic heterocycles. The molecule has 0 aliphatic heterocycles. The number of aromatic hydroxyl groups is 4. The highest BCUT2D eigenvalue weighted by Crippen LogP contribution is 2.23. The van der Waals surface area contributed by atoms with Crippen molar-refractivity contribution < 1.29 is 20.4 Å². The van der Waals surface area contributed by atoms with Crippen LogP contribution in [0.2, 0.25) is 10.0 Å². The molecule has 96 valence electrons. The highest BCUT2D eigenvalue weighted by molar-refractivity contribution is 6.31. The number of phenols is 4. The van der Waals surface area contributed by atoms with Gasteiger partial charge in [-0.25, -0.2) is 0 Å². The summed E-state index contributed by atoms with van der Waals surface area (Å²) in [7, 11) is 0. The van der Waals surface area contributed by atoms with Gasteiger partial charge < -0.3 is 20.4 Å². The van der Waals surface area contributed by atoms with E-state index in [0.29, 0.717) is 10.0 Å². The van der Waals surface area contributed by atoms with Crippen LogP contribution in [-0.2, 0) is 0 Å². The minimum Gasteiger partial charge on any atom is -0.508 e. The van der Waals surface area contributed by atoms with Crippen molar-refractivity contribution in [1.29, 1.82) is 0 Å². The van der Waals surface area contributed by atoms with Crippen LogP contribution in [0.4, 0.5) is 0 Å². The van der Waals surface area contributed by atoms with Gasteiger partial charge in [-0.2, -0.15) is 0 Å². The predicted molar refractivity (Wildman–Crippen MR) is 69.6 cm³/mol. The Morgan fingerprint density at radius 1 is 0.500 bits per heavy atom. The van der Waals surface area contributed by atoms with Crippen LogP contribution in [0.3, 0.4) is 0 Å². The Kier molecular flexibility index (Phi) is 4.95. The lowest BCUT2D eigenvalue weighted by molar-refractivity contribution is 0.449. The van der Waals surface area contributed by atoms with Crippen LogP contribution in [0, 0.1) is 0 Å². The molecule has 0 aliphatic rings. The van der Waals surface area contributed by atoms with E-state index in [0.717, 1.165) is 0 Å². The summed E-state index contributed by atoms with van der Waals surface area (Å²) in [6.45, 7) is 0. The van der Waals surface area contributed by atoms with Gasteiger partial charge in [0.15, 0.2) is 0 Å². The fourth-order valence-electron chi connectivity index (χ4n) is 1.12. The molecule has 2 rings (SSSR count). The Bertz CT molecular complexity index is 393. The highest BCUT2D eigenvalue weighted by Gasteiger charge is 1.94. The molecule has 6 heteroatoms. The van der Waals surface area contributed by atoms with Crippen molar-refractivity contribution in [2.45, 2.75) is 0 Å². The van der Waals surface area contributed by atoms with E-state index in [1.54, 1.807) is 0 Å². The second kappa shape index (κ2) is 6.23. The molecule has 4 N–H and O–H groups in total. The number of halogens is 2. The molecule has 0 radical (unpaired) electrons. The Labute approximate surface area is 113 Å². The molecule has 2 aromatic rings. The van der Waals surface area contributed by atoms with Crippen LogP contribution in [-0.4, -0.2) is 20.4 Å². The SMILES string of the molecule is Oc1cc(O)cc(Cl)c1.Oc1cc(O)cc(Cl)c1. The van der Waals surface area contributed by atoms with E-state index < -0.39 is 0 Å². The molecule has 0 bridgehead atoms. The number of hydrogen-bond donors (Lipinski definition) is 4. The molecule has 18 heavy (non-hydrogen) atoms. The molecular formula is C12H10Cl2O4. The normalized spacial score (nSPS) is 9.44. The van der Waals surface area contributed by atoms with Crippen molar-refractivity contribution in [1.82, 2.24) is 0 Å². The van der Waals surface area contributed by atoms with E-state index >= 15 is 0 Å². The molecule has 0 unspecified atom stereocenters. The lowest BCUT2D eigenvalue weighted by atomic mass is 10.3. The first-order valence-electron chi connectivity index (χ1n) is 4.74. The Balaban J connectivity index is 0.000000180. The average molecular weight is 289 g/mol. The molecule has 0 heterocycles. The summed E-state index contributed by atoms with van der Waals surface area (Å²) >= 11 is 10.9. The van der Waals surface area contributed by atoms with Crippen molar-refractivity contribution in [3.8, 4) is 23.0 Å². The molecule has 0 saturated heterocycles. The Hall–Kier alpha value is -1.78. The van der Waals surface area contributed by atoms with Gasteiger partial charge in [0.05, 0.1) is 0 Å². The van der Waals surface area contributed by atoms with E-state index in [-0.39, 0.29) is 23.0 Å². The monoisotopic (exact) mass is 288 g/mol. The van der Waals surface area contributed by atoms with Crippen molar-refractivity contribution in [3.63, 3.8) is 0 Å². The van der Waals surface area contributed by atoms with E-state index in [9.17, 15) is 0 Å². The summed E-state index contributed by atoms with van der Waals surface area (Å²) in [5.41, 5.74) is 0. The first-order valence-corrected chi connectivity index (χ1v) is 5.49. The van der Waals surface area contributed by atoms with Crippen molar-refractivity contribution in [3.05, 3.63) is 46.4 Å². The smallest absolute Gasteiger partial charge is 0.120 e. The van der Waals surface area contributed by atoms with E-state index in [2.05, 4.69) is 0 Å². The van der Waals surface area contributed by atoms with Gasteiger partial charge in [0, 0.05) is 22.2 Å². The standard InChI is InChI=1S/2C6H5ClO2/c2*7-4-1-5(8)3-6(9)2-4/h2*1-3,8-9H. The molecule has 0 fully saturated rings. The maximum atomic E-state index is 8.75. The third-order valence-electron chi connectivity index (χ3n) is 1.73. The lowest BCUT2D eigenvalue weighted by Crippen LogP contribution is -1.65. The molecule has 0 amide bonds. The zero-order chi connectivity index (χ0) is 13.7. The fraction of sp³-hybridized carbons (Fsp3) is 0. The molecule has 4 nitrogen and oxygen atoms in total. The van der Waals surface area contributed by atoms with Crippen molar-refractivity contribution in [2.24, 2.45) is 0 Å². The van der Waals surface area contributed by atoms with Gasteiger partial charge in [0.2, 0.25) is 0 Å². The van der Waals surface area contributed by atoms with E-state index in [1.165, 1.54) is 36.4 Å². The summed E-state index contributed by atoms with van der Waals surface area (Å²) in [5.74, 6) is -0.111. The van der Waals surface area contributed by atoms with Gasteiger partial charge in [-0.3, -0.25) is 0 Å². The topological polar surface area (TPSA) is 80.9 Å². The number of rotatable bonds is 0. The van der Waals surface area contributed by atoms with Gasteiger partial charge in [-0.05, 0) is 24.3 Å². The average Bonchev–Trinajstić information content (AvgIpc) is 2.12. The second-order valence-corrected chi connectivity index (χ2v) is 4.21. The molecular weight excluding hydrogens is 279 g/mol. The summed E-state index contributed by atoms with van der Waals surface area (Å²) < 4.78 is 0. The maximum Gasteiger partial charge on any atom is 0.120 e. The Morgan fingerprint density at radius 3 is 0.889 bits per heavy atom. The fourth-order valence-corrected chi connectivity index (χ4v) is 1.57. The zero-order valence-electron chi connectivity index (χ0n) is 9.01. The van der Waals surface area contributed by atoms with Crippen LogP contribution in [0.15, 0.2) is 36.4 Å². The third kappa shape index (κ3) is 5.03. The largest absolute Gasteiger partial charge is 0.508 e. The predicted octanol–water partition coefficient (Wildman–Crippen LogP) is 3.50. The van der Waals surface area contributed by atoms with E-state index in [1.807, 2.05) is 0 Å². The van der Waals surface area contributed by atoms with E-state index in [4.69, 9.17) is 43.6 Å². The molecule has 0 aliphatic carbocycles. The summed E-state index contributed by atoms with van der Waals surface area (Å²) in [6, 6.07) is 7.82. The van der Waals surface area contributed by atoms with Crippen LogP contribution >= 0.6 is 23.2 Å². The van der Waals surface area contributed by atoms with Gasteiger partial charge in [-0.15, -0.1) is 0 Å². The molecule has 0 saturated carbocycles. The van der Waals surface area contributed by atoms with Crippen LogP contribution in [0.25, 0.3) is 0 Å². The molecule has 2 aromatic carbocycles. The van der Waals surface area contributed by atoms with Crippen LogP contribution in [0.5, 0.6) is 23.0 Å². The number of benzene rings is 2. The summed E-state index contributed by atoms with van der Waals surface area (Å²) in [5, 5.41) is 35.7. The second-order valence-electron chi connectivity index (χ2n) is 3.34. The third-order valence-corrected chi connectivity index (χ3v) is 2.17. The van der Waals surface area contributed by atoms with Crippen molar-refractivity contribution >= 4 is 23.2 Å². The summed E-state index contributed by atoms with van der Waals surface area (Å²) in [6.07, 6.45) is 0. The van der Waals surface area contributed by atoms with Gasteiger partial charge in [0.25, 0.3) is 0 Å². The Morgan fingerprint density at radius 2 is 0.722 bits per heavy atom. The lowest BCUT2D eigenvalue weighted by Gasteiger charge is -1.93. The summed E-state index contributed by atoms with van der Waals surface area (Å²) in [4.78, 5) is 0. The first-order chi connectivity index (χ1) is 8.36. The van der Waals surface area contributed by atoms with Crippen molar-refractivity contribution in [2.75, 3.05) is 0 Å². The minimum atomic E-state index is -0.0278. The van der Waals surface area contributed by atoms with Crippen LogP contribution in [0.1, 0.15) is 0 Å². The maximum absolute atomic E-state index is 8.75. The first kappa shape index (κ1) is 14.3. The van der Waals surface area contributed by atoms with Gasteiger partial charge >= 0.3 is 0 Å². The molecule has 0 atom stereocenters. The number of phenolic OH excluding ortho intramolecular Hbond substituents is 4. The highest BCUT2D eigenvalue weighted by atomic mass is 35.5. The van der Waals surface area contributed by atoms with Gasteiger partial charge in [-0.1, -0.05) is 23.2 Å². The quantitative estimate of drug-likeness (QED) is 0.598. The zero-order valence-corrected chi connectivity index (χ0v) is 10.5. The molecule has 0 spiro atoms. The van der Waals surface area contributed by atoms with Crippen LogP contribution < -0.4 is 0 Å².